The van der Waals surface area contributed by atoms with E-state index in [0.29, 0.717) is 20.1 Å². The standard InChI is InChI=1S/C17H11BrClFN2O2S2/c1-24-16(23)15-14(19)10-4-3-9(7-13(10)26-15)21-17(25)22-12-5-2-8(18)6-11(12)20/h2-7H,1H3,(H2,21,22,25). The number of hydrogen-bond donors (Lipinski definition) is 2. The number of hydrogen-bond acceptors (Lipinski definition) is 4. The SMILES string of the molecule is COC(=O)c1sc2cc(NC(=S)Nc3ccc(Br)cc3F)ccc2c1Cl. The fourth-order valence-electron chi connectivity index (χ4n) is 2.24. The van der Waals surface area contributed by atoms with Gasteiger partial charge in [0.2, 0.25) is 0 Å². The maximum absolute atomic E-state index is 13.9. The van der Waals surface area contributed by atoms with Crippen LogP contribution in [0.5, 0.6) is 0 Å². The summed E-state index contributed by atoms with van der Waals surface area (Å²) in [7, 11) is 1.31. The number of benzene rings is 2. The van der Waals surface area contributed by atoms with E-state index < -0.39 is 11.8 Å². The van der Waals surface area contributed by atoms with Crippen LogP contribution in [0.15, 0.2) is 40.9 Å². The molecular formula is C17H11BrClFN2O2S2. The molecular weight excluding hydrogens is 463 g/mol. The molecule has 0 amide bonds. The van der Waals surface area contributed by atoms with E-state index in [9.17, 15) is 9.18 Å². The summed E-state index contributed by atoms with van der Waals surface area (Å²) < 4.78 is 20.1. The van der Waals surface area contributed by atoms with Crippen molar-refractivity contribution < 1.29 is 13.9 Å². The molecule has 2 N–H and O–H groups in total. The van der Waals surface area contributed by atoms with Crippen LogP contribution in [-0.4, -0.2) is 18.2 Å². The minimum atomic E-state index is -0.478. The molecule has 0 saturated carbocycles. The second-order valence-electron chi connectivity index (χ2n) is 5.15. The van der Waals surface area contributed by atoms with Crippen LogP contribution in [0, 0.1) is 5.82 Å². The van der Waals surface area contributed by atoms with Gasteiger partial charge in [-0.05, 0) is 48.6 Å². The summed E-state index contributed by atoms with van der Waals surface area (Å²) in [5.74, 6) is -0.902. The van der Waals surface area contributed by atoms with Crippen LogP contribution >= 0.6 is 51.1 Å². The zero-order valence-corrected chi connectivity index (χ0v) is 17.2. The number of carbonyl (C=O) groups excluding carboxylic acids is 1. The lowest BCUT2D eigenvalue weighted by Crippen LogP contribution is -2.19. The number of thiocarbonyl (C=S) groups is 1. The van der Waals surface area contributed by atoms with E-state index in [1.165, 1.54) is 24.5 Å². The molecule has 0 aliphatic carbocycles. The quantitative estimate of drug-likeness (QED) is 0.358. The third kappa shape index (κ3) is 3.98. The van der Waals surface area contributed by atoms with Gasteiger partial charge in [0.25, 0.3) is 0 Å². The number of halogens is 3. The van der Waals surface area contributed by atoms with Crippen LogP contribution in [0.1, 0.15) is 9.67 Å². The predicted molar refractivity (Wildman–Crippen MR) is 112 cm³/mol. The van der Waals surface area contributed by atoms with Crippen molar-refractivity contribution in [3.05, 3.63) is 56.6 Å². The lowest BCUT2D eigenvalue weighted by molar-refractivity contribution is 0.0606. The summed E-state index contributed by atoms with van der Waals surface area (Å²) >= 11 is 15.9. The van der Waals surface area contributed by atoms with Crippen LogP contribution in [-0.2, 0) is 4.74 Å². The molecule has 1 heterocycles. The van der Waals surface area contributed by atoms with Crippen molar-refractivity contribution in [2.24, 2.45) is 0 Å². The average molecular weight is 474 g/mol. The molecule has 4 nitrogen and oxygen atoms in total. The average Bonchev–Trinajstić information content (AvgIpc) is 2.93. The number of ether oxygens (including phenoxy) is 1. The number of methoxy groups -OCH3 is 1. The lowest BCUT2D eigenvalue weighted by atomic mass is 10.2. The van der Waals surface area contributed by atoms with Gasteiger partial charge in [-0.15, -0.1) is 11.3 Å². The number of thiophene rings is 1. The van der Waals surface area contributed by atoms with Crippen molar-refractivity contribution in [1.29, 1.82) is 0 Å². The minimum absolute atomic E-state index is 0.237. The summed E-state index contributed by atoms with van der Waals surface area (Å²) in [5.41, 5.74) is 0.945. The van der Waals surface area contributed by atoms with Gasteiger partial charge in [0.05, 0.1) is 17.8 Å². The highest BCUT2D eigenvalue weighted by molar-refractivity contribution is 9.10. The molecule has 134 valence electrons. The Morgan fingerprint density at radius 3 is 2.73 bits per heavy atom. The van der Waals surface area contributed by atoms with Crippen LogP contribution in [0.3, 0.4) is 0 Å². The monoisotopic (exact) mass is 472 g/mol. The van der Waals surface area contributed by atoms with Crippen molar-refractivity contribution in [2.75, 3.05) is 17.7 Å². The van der Waals surface area contributed by atoms with Crippen molar-refractivity contribution in [3.63, 3.8) is 0 Å². The minimum Gasteiger partial charge on any atom is -0.465 e. The Morgan fingerprint density at radius 1 is 1.27 bits per heavy atom. The summed E-state index contributed by atoms with van der Waals surface area (Å²) in [6, 6.07) is 10.0. The first-order valence-electron chi connectivity index (χ1n) is 7.22. The Bertz CT molecular complexity index is 1030. The molecule has 0 fully saturated rings. The predicted octanol–water partition coefficient (Wildman–Crippen LogP) is 6.05. The normalized spacial score (nSPS) is 10.6. The van der Waals surface area contributed by atoms with Crippen LogP contribution in [0.25, 0.3) is 10.1 Å². The zero-order chi connectivity index (χ0) is 18.8. The van der Waals surface area contributed by atoms with Gasteiger partial charge in [-0.1, -0.05) is 27.5 Å². The van der Waals surface area contributed by atoms with Crippen molar-refractivity contribution in [2.45, 2.75) is 0 Å². The summed E-state index contributed by atoms with van der Waals surface area (Å²) in [4.78, 5) is 12.1. The number of carbonyl (C=O) groups is 1. The van der Waals surface area contributed by atoms with Crippen molar-refractivity contribution in [3.8, 4) is 0 Å². The van der Waals surface area contributed by atoms with Gasteiger partial charge in [-0.3, -0.25) is 0 Å². The second-order valence-corrected chi connectivity index (χ2v) is 7.91. The van der Waals surface area contributed by atoms with Crippen LogP contribution in [0.2, 0.25) is 5.02 Å². The molecule has 0 aliphatic heterocycles. The Balaban J connectivity index is 1.80. The third-order valence-electron chi connectivity index (χ3n) is 3.44. The zero-order valence-electron chi connectivity index (χ0n) is 13.2. The van der Waals surface area contributed by atoms with Gasteiger partial charge in [-0.2, -0.15) is 0 Å². The molecule has 0 spiro atoms. The van der Waals surface area contributed by atoms with Crippen LogP contribution < -0.4 is 10.6 Å². The Morgan fingerprint density at radius 2 is 2.04 bits per heavy atom. The number of esters is 1. The van der Waals surface area contributed by atoms with Gasteiger partial charge in [-0.25, -0.2) is 9.18 Å². The highest BCUT2D eigenvalue weighted by atomic mass is 79.9. The molecule has 3 aromatic rings. The maximum Gasteiger partial charge on any atom is 0.349 e. The van der Waals surface area contributed by atoms with E-state index in [1.807, 2.05) is 6.07 Å². The third-order valence-corrected chi connectivity index (χ3v) is 5.77. The van der Waals surface area contributed by atoms with Gasteiger partial charge in [0.1, 0.15) is 10.7 Å². The molecule has 0 unspecified atom stereocenters. The van der Waals surface area contributed by atoms with E-state index in [0.717, 1.165) is 10.1 Å². The van der Waals surface area contributed by atoms with Gasteiger partial charge in [0, 0.05) is 20.2 Å². The molecule has 0 atom stereocenters. The first kappa shape index (κ1) is 19.0. The number of nitrogens with one attached hydrogen (secondary N) is 2. The summed E-state index contributed by atoms with van der Waals surface area (Å²) in [6.07, 6.45) is 0. The van der Waals surface area contributed by atoms with E-state index in [1.54, 1.807) is 24.3 Å². The lowest BCUT2D eigenvalue weighted by Gasteiger charge is -2.11. The number of fused-ring (bicyclic) bond motifs is 1. The van der Waals surface area contributed by atoms with Crippen molar-refractivity contribution >= 4 is 83.6 Å². The fraction of sp³-hybridized carbons (Fsp3) is 0.0588. The van der Waals surface area contributed by atoms with E-state index in [4.69, 9.17) is 28.6 Å². The van der Waals surface area contributed by atoms with E-state index in [-0.39, 0.29) is 10.8 Å². The first-order chi connectivity index (χ1) is 12.4. The molecule has 0 radical (unpaired) electrons. The molecule has 2 aromatic carbocycles. The number of rotatable bonds is 3. The van der Waals surface area contributed by atoms with Crippen LogP contribution in [0.4, 0.5) is 15.8 Å². The summed E-state index contributed by atoms with van der Waals surface area (Å²) in [6.45, 7) is 0. The first-order valence-corrected chi connectivity index (χ1v) is 9.62. The molecule has 9 heteroatoms. The van der Waals surface area contributed by atoms with Gasteiger partial charge < -0.3 is 15.4 Å². The molecule has 26 heavy (non-hydrogen) atoms. The molecule has 0 aliphatic rings. The highest BCUT2D eigenvalue weighted by Crippen LogP contribution is 2.37. The second kappa shape index (κ2) is 7.87. The molecule has 0 bridgehead atoms. The highest BCUT2D eigenvalue weighted by Gasteiger charge is 2.17. The van der Waals surface area contributed by atoms with E-state index in [2.05, 4.69) is 26.6 Å². The molecule has 0 saturated heterocycles. The largest absolute Gasteiger partial charge is 0.465 e. The topological polar surface area (TPSA) is 50.4 Å². The fourth-order valence-corrected chi connectivity index (χ4v) is 4.27. The van der Waals surface area contributed by atoms with Crippen molar-refractivity contribution in [1.82, 2.24) is 0 Å². The van der Waals surface area contributed by atoms with Gasteiger partial charge in [0.15, 0.2) is 5.11 Å². The van der Waals surface area contributed by atoms with Gasteiger partial charge >= 0.3 is 5.97 Å². The summed E-state index contributed by atoms with van der Waals surface area (Å²) in [5, 5.41) is 7.14. The Labute approximate surface area is 171 Å². The molecule has 3 rings (SSSR count). The smallest absolute Gasteiger partial charge is 0.349 e. The van der Waals surface area contributed by atoms with E-state index >= 15 is 0 Å². The number of anilines is 2. The Kier molecular flexibility index (Phi) is 5.76. The molecule has 1 aromatic heterocycles. The maximum atomic E-state index is 13.9. The Hall–Kier alpha value is -1.74.